The number of halogens is 1. The van der Waals surface area contributed by atoms with Crippen LogP contribution in [0, 0.1) is 5.92 Å². The summed E-state index contributed by atoms with van der Waals surface area (Å²) in [7, 11) is 1.46. The lowest BCUT2D eigenvalue weighted by Crippen LogP contribution is -2.59. The molecule has 0 spiro atoms. The molecule has 0 aromatic rings. The third-order valence-electron chi connectivity index (χ3n) is 3.03. The van der Waals surface area contributed by atoms with Gasteiger partial charge in [-0.2, -0.15) is 0 Å². The van der Waals surface area contributed by atoms with Crippen molar-refractivity contribution in [1.29, 1.82) is 0 Å². The monoisotopic (exact) mass is 243 g/mol. The number of carbonyl (C=O) groups is 3. The maximum Gasteiger partial charge on any atom is 0.195 e. The highest BCUT2D eigenvalue weighted by molar-refractivity contribution is 6.43. The van der Waals surface area contributed by atoms with Crippen molar-refractivity contribution in [2.24, 2.45) is 5.92 Å². The molecule has 16 heavy (non-hydrogen) atoms. The normalized spacial score (nSPS) is 30.9. The fraction of sp³-hybridized carbons (Fsp3) is 0.545. The van der Waals surface area contributed by atoms with Crippen LogP contribution >= 0.6 is 11.6 Å². The van der Waals surface area contributed by atoms with E-state index in [0.717, 1.165) is 0 Å². The van der Waals surface area contributed by atoms with Gasteiger partial charge in [-0.05, 0) is 33.4 Å². The lowest BCUT2D eigenvalue weighted by atomic mass is 9.76. The van der Waals surface area contributed by atoms with Crippen molar-refractivity contribution in [3.63, 3.8) is 0 Å². The van der Waals surface area contributed by atoms with Crippen molar-refractivity contribution < 1.29 is 14.4 Å². The Morgan fingerprint density at radius 3 is 2.19 bits per heavy atom. The molecule has 0 aromatic heterocycles. The van der Waals surface area contributed by atoms with Crippen LogP contribution in [0.1, 0.15) is 20.8 Å². The highest BCUT2D eigenvalue weighted by Crippen LogP contribution is 2.35. The van der Waals surface area contributed by atoms with Crippen molar-refractivity contribution in [2.45, 2.75) is 25.8 Å². The average Bonchev–Trinajstić information content (AvgIpc) is 2.23. The summed E-state index contributed by atoms with van der Waals surface area (Å²) in [6.07, 6.45) is 0. The Morgan fingerprint density at radius 2 is 1.81 bits per heavy atom. The minimum Gasteiger partial charge on any atom is -0.299 e. The van der Waals surface area contributed by atoms with Crippen LogP contribution < -0.4 is 5.32 Å². The summed E-state index contributed by atoms with van der Waals surface area (Å²) in [5, 5.41) is 2.58. The molecule has 0 aliphatic heterocycles. The number of nitrogens with one attached hydrogen (secondary N) is 1. The molecule has 2 unspecified atom stereocenters. The van der Waals surface area contributed by atoms with Gasteiger partial charge in [-0.3, -0.25) is 19.7 Å². The number of alkyl halides is 1. The molecule has 0 aromatic carbocycles. The first-order valence-electron chi connectivity index (χ1n) is 4.92. The Kier molecular flexibility index (Phi) is 3.35. The second-order valence-corrected chi connectivity index (χ2v) is 4.54. The molecular weight excluding hydrogens is 230 g/mol. The molecule has 2 atom stereocenters. The predicted octanol–water partition coefficient (Wildman–Crippen LogP) is 0.834. The lowest BCUT2D eigenvalue weighted by molar-refractivity contribution is -0.137. The predicted molar refractivity (Wildman–Crippen MR) is 60.2 cm³/mol. The zero-order valence-electron chi connectivity index (χ0n) is 9.68. The SMILES string of the molecule is CNC1(Cl)C(=O)C(C)=C(C)C(=O)C1C(C)=O. The van der Waals surface area contributed by atoms with Gasteiger partial charge in [0, 0.05) is 5.57 Å². The number of rotatable bonds is 2. The van der Waals surface area contributed by atoms with Crippen molar-refractivity contribution >= 4 is 29.0 Å². The molecule has 0 heterocycles. The molecule has 1 rings (SSSR count). The van der Waals surface area contributed by atoms with Crippen LogP contribution in [-0.2, 0) is 14.4 Å². The second-order valence-electron chi connectivity index (χ2n) is 3.95. The first kappa shape index (κ1) is 13.1. The number of hydrogen-bond acceptors (Lipinski definition) is 4. The van der Waals surface area contributed by atoms with Crippen LogP contribution in [0.25, 0.3) is 0 Å². The van der Waals surface area contributed by atoms with Gasteiger partial charge in [0.15, 0.2) is 16.6 Å². The fourth-order valence-corrected chi connectivity index (χ4v) is 2.27. The Hall–Kier alpha value is -1.00. The van der Waals surface area contributed by atoms with Crippen LogP contribution in [0.3, 0.4) is 0 Å². The Balaban J connectivity index is 3.45. The number of likely N-dealkylation sites (N-methyl/N-ethyl adjacent to an activating group) is 1. The second kappa shape index (κ2) is 4.11. The van der Waals surface area contributed by atoms with E-state index in [2.05, 4.69) is 5.32 Å². The number of hydrogen-bond donors (Lipinski definition) is 1. The van der Waals surface area contributed by atoms with Crippen LogP contribution in [0.5, 0.6) is 0 Å². The Bertz CT molecular complexity index is 413. The van der Waals surface area contributed by atoms with Crippen LogP contribution in [0.15, 0.2) is 11.1 Å². The number of allylic oxidation sites excluding steroid dienone is 1. The largest absolute Gasteiger partial charge is 0.299 e. The third-order valence-corrected chi connectivity index (χ3v) is 3.61. The van der Waals surface area contributed by atoms with E-state index in [1.54, 1.807) is 6.92 Å². The number of carbonyl (C=O) groups excluding carboxylic acids is 3. The first-order chi connectivity index (χ1) is 7.27. The molecule has 88 valence electrons. The van der Waals surface area contributed by atoms with E-state index in [-0.39, 0.29) is 5.78 Å². The van der Waals surface area contributed by atoms with Crippen molar-refractivity contribution in [3.05, 3.63) is 11.1 Å². The van der Waals surface area contributed by atoms with E-state index in [4.69, 9.17) is 11.6 Å². The van der Waals surface area contributed by atoms with Gasteiger partial charge >= 0.3 is 0 Å². The van der Waals surface area contributed by atoms with Gasteiger partial charge in [-0.1, -0.05) is 11.6 Å². The molecular formula is C11H14ClNO3. The molecule has 4 nitrogen and oxygen atoms in total. The molecule has 0 amide bonds. The van der Waals surface area contributed by atoms with E-state index in [1.165, 1.54) is 20.9 Å². The summed E-state index contributed by atoms with van der Waals surface area (Å²) in [5.74, 6) is -2.34. The summed E-state index contributed by atoms with van der Waals surface area (Å²) >= 11 is 6.09. The van der Waals surface area contributed by atoms with E-state index >= 15 is 0 Å². The van der Waals surface area contributed by atoms with E-state index in [0.29, 0.717) is 11.1 Å². The molecule has 1 N–H and O–H groups in total. The summed E-state index contributed by atoms with van der Waals surface area (Å²) in [5.41, 5.74) is 0.628. The number of Topliss-reactive ketones (excluding diaryl/α,β-unsaturated/α-hetero) is 3. The minimum absolute atomic E-state index is 0.312. The quantitative estimate of drug-likeness (QED) is 0.443. The molecule has 1 aliphatic rings. The van der Waals surface area contributed by atoms with Crippen LogP contribution in [0.4, 0.5) is 0 Å². The van der Waals surface area contributed by atoms with E-state index in [9.17, 15) is 14.4 Å². The van der Waals surface area contributed by atoms with E-state index < -0.39 is 22.5 Å². The van der Waals surface area contributed by atoms with Crippen molar-refractivity contribution in [3.8, 4) is 0 Å². The van der Waals surface area contributed by atoms with Gasteiger partial charge in [0.05, 0.1) is 0 Å². The smallest absolute Gasteiger partial charge is 0.195 e. The molecule has 0 bridgehead atoms. The van der Waals surface area contributed by atoms with Gasteiger partial charge in [-0.15, -0.1) is 0 Å². The van der Waals surface area contributed by atoms with Crippen LogP contribution in [-0.4, -0.2) is 29.4 Å². The summed E-state index contributed by atoms with van der Waals surface area (Å²) in [6.45, 7) is 4.34. The summed E-state index contributed by atoms with van der Waals surface area (Å²) in [4.78, 5) is 33.8. The zero-order valence-corrected chi connectivity index (χ0v) is 10.4. The topological polar surface area (TPSA) is 63.2 Å². The molecule has 5 heteroatoms. The summed E-state index contributed by atoms with van der Waals surface area (Å²) in [6, 6.07) is 0. The van der Waals surface area contributed by atoms with Crippen molar-refractivity contribution in [1.82, 2.24) is 5.32 Å². The highest BCUT2D eigenvalue weighted by atomic mass is 35.5. The third kappa shape index (κ3) is 1.62. The molecule has 0 saturated heterocycles. The lowest BCUT2D eigenvalue weighted by Gasteiger charge is -2.35. The van der Waals surface area contributed by atoms with E-state index in [1.807, 2.05) is 0 Å². The average molecular weight is 244 g/mol. The summed E-state index contributed by atoms with van der Waals surface area (Å²) < 4.78 is 0. The molecule has 0 saturated carbocycles. The zero-order chi connectivity index (χ0) is 12.7. The highest BCUT2D eigenvalue weighted by Gasteiger charge is 2.53. The van der Waals surface area contributed by atoms with Gasteiger partial charge in [0.25, 0.3) is 0 Å². The first-order valence-corrected chi connectivity index (χ1v) is 5.30. The van der Waals surface area contributed by atoms with Gasteiger partial charge < -0.3 is 0 Å². The fourth-order valence-electron chi connectivity index (χ4n) is 1.88. The minimum atomic E-state index is -1.63. The van der Waals surface area contributed by atoms with Gasteiger partial charge in [0.1, 0.15) is 11.7 Å². The standard InChI is InChI=1S/C11H14ClNO3/c1-5-6(2)10(16)11(12,13-4)8(7(3)14)9(5)15/h8,13H,1-4H3. The molecule has 0 fully saturated rings. The maximum atomic E-state index is 12.0. The van der Waals surface area contributed by atoms with Gasteiger partial charge in [-0.25, -0.2) is 0 Å². The Morgan fingerprint density at radius 1 is 1.31 bits per heavy atom. The number of ketones is 3. The Labute approximate surface area is 99.0 Å². The van der Waals surface area contributed by atoms with Crippen molar-refractivity contribution in [2.75, 3.05) is 7.05 Å². The maximum absolute atomic E-state index is 12.0. The van der Waals surface area contributed by atoms with Gasteiger partial charge in [0.2, 0.25) is 0 Å². The molecule has 0 radical (unpaired) electrons. The molecule has 1 aliphatic carbocycles. The van der Waals surface area contributed by atoms with Crippen LogP contribution in [0.2, 0.25) is 0 Å².